The molecule has 3 rings (SSSR count). The van der Waals surface area contributed by atoms with Crippen LogP contribution in [0.1, 0.15) is 22.2 Å². The van der Waals surface area contributed by atoms with Gasteiger partial charge in [0.15, 0.2) is 0 Å². The normalized spacial score (nSPS) is 16.6. The molecule has 1 atom stereocenters. The monoisotopic (exact) mass is 332 g/mol. The highest BCUT2D eigenvalue weighted by Gasteiger charge is 2.21. The molecule has 0 radical (unpaired) electrons. The van der Waals surface area contributed by atoms with Crippen LogP contribution in [0.3, 0.4) is 0 Å². The van der Waals surface area contributed by atoms with E-state index in [2.05, 4.69) is 28.6 Å². The van der Waals surface area contributed by atoms with Crippen molar-refractivity contribution in [3.8, 4) is 0 Å². The van der Waals surface area contributed by atoms with Crippen molar-refractivity contribution in [1.82, 2.24) is 10.2 Å². The Morgan fingerprint density at radius 3 is 3.14 bits per heavy atom. The molecule has 0 saturated heterocycles. The van der Waals surface area contributed by atoms with Crippen molar-refractivity contribution in [2.45, 2.75) is 25.9 Å². The van der Waals surface area contributed by atoms with Gasteiger partial charge in [-0.2, -0.15) is 0 Å². The Hall–Kier alpha value is -1.43. The van der Waals surface area contributed by atoms with E-state index in [0.717, 1.165) is 24.4 Å². The van der Waals surface area contributed by atoms with Gasteiger partial charge in [-0.15, -0.1) is 22.7 Å². The topological polar surface area (TPSA) is 32.3 Å². The van der Waals surface area contributed by atoms with Crippen LogP contribution in [0.4, 0.5) is 0 Å². The third-order valence-electron chi connectivity index (χ3n) is 3.97. The van der Waals surface area contributed by atoms with Crippen LogP contribution < -0.4 is 5.32 Å². The molecule has 22 heavy (non-hydrogen) atoms. The molecule has 5 heteroatoms. The summed E-state index contributed by atoms with van der Waals surface area (Å²) in [5, 5.41) is 7.18. The first-order valence-electron chi connectivity index (χ1n) is 7.51. The van der Waals surface area contributed by atoms with E-state index in [0.29, 0.717) is 12.6 Å². The van der Waals surface area contributed by atoms with E-state index in [4.69, 9.17) is 0 Å². The Morgan fingerprint density at radius 2 is 2.32 bits per heavy atom. The Bertz CT molecular complexity index is 645. The van der Waals surface area contributed by atoms with Gasteiger partial charge in [-0.1, -0.05) is 6.07 Å². The van der Waals surface area contributed by atoms with Gasteiger partial charge in [0.2, 0.25) is 5.91 Å². The van der Waals surface area contributed by atoms with E-state index < -0.39 is 0 Å². The fraction of sp³-hybridized carbons (Fsp3) is 0.353. The molecular weight excluding hydrogens is 312 g/mol. The third-order valence-corrected chi connectivity index (χ3v) is 5.83. The number of nitrogens with one attached hydrogen (secondary N) is 1. The summed E-state index contributed by atoms with van der Waals surface area (Å²) in [6.45, 7) is 4.95. The van der Waals surface area contributed by atoms with Crippen molar-refractivity contribution in [2.75, 3.05) is 13.1 Å². The molecule has 1 aliphatic rings. The predicted octanol–water partition coefficient (Wildman–Crippen LogP) is 3.39. The lowest BCUT2D eigenvalue weighted by atomic mass is 10.1. The molecule has 1 unspecified atom stereocenters. The Labute approximate surface area is 139 Å². The lowest BCUT2D eigenvalue weighted by Gasteiger charge is -2.32. The second-order valence-corrected chi connectivity index (χ2v) is 7.51. The number of hydrogen-bond donors (Lipinski definition) is 1. The van der Waals surface area contributed by atoms with Crippen molar-refractivity contribution < 1.29 is 4.79 Å². The van der Waals surface area contributed by atoms with Crippen LogP contribution in [0, 0.1) is 0 Å². The van der Waals surface area contributed by atoms with E-state index in [9.17, 15) is 4.79 Å². The maximum absolute atomic E-state index is 11.9. The van der Waals surface area contributed by atoms with Crippen LogP contribution >= 0.6 is 22.7 Å². The molecule has 1 aliphatic heterocycles. The molecule has 2 aromatic rings. The third kappa shape index (κ3) is 3.85. The molecular formula is C17H20N2OS2. The maximum Gasteiger partial charge on any atom is 0.244 e. The Balaban J connectivity index is 1.46. The van der Waals surface area contributed by atoms with E-state index in [1.165, 1.54) is 10.4 Å². The van der Waals surface area contributed by atoms with Gasteiger partial charge in [0, 0.05) is 41.5 Å². The van der Waals surface area contributed by atoms with Crippen LogP contribution in [0.25, 0.3) is 6.08 Å². The van der Waals surface area contributed by atoms with Gasteiger partial charge in [0.1, 0.15) is 0 Å². The summed E-state index contributed by atoms with van der Waals surface area (Å²) in [7, 11) is 0. The van der Waals surface area contributed by atoms with Crippen LogP contribution in [0.5, 0.6) is 0 Å². The largest absolute Gasteiger partial charge is 0.351 e. The number of amides is 1. The molecule has 0 aliphatic carbocycles. The van der Waals surface area contributed by atoms with E-state index in [1.807, 2.05) is 34.9 Å². The number of nitrogens with zero attached hydrogens (tertiary/aromatic N) is 1. The highest BCUT2D eigenvalue weighted by molar-refractivity contribution is 7.10. The number of thiophene rings is 2. The van der Waals surface area contributed by atoms with E-state index in [1.54, 1.807) is 17.4 Å². The summed E-state index contributed by atoms with van der Waals surface area (Å²) in [6.07, 6.45) is 4.61. The van der Waals surface area contributed by atoms with Crippen LogP contribution in [0.15, 0.2) is 35.0 Å². The molecule has 0 fully saturated rings. The minimum Gasteiger partial charge on any atom is -0.351 e. The number of fused-ring (bicyclic) bond motifs is 1. The fourth-order valence-corrected chi connectivity index (χ4v) is 4.13. The molecule has 1 amide bonds. The summed E-state index contributed by atoms with van der Waals surface area (Å²) in [6, 6.07) is 6.57. The second-order valence-electron chi connectivity index (χ2n) is 5.53. The van der Waals surface area contributed by atoms with Crippen LogP contribution in [-0.2, 0) is 17.8 Å². The molecule has 3 heterocycles. The highest BCUT2D eigenvalue weighted by Crippen LogP contribution is 2.24. The van der Waals surface area contributed by atoms with Crippen molar-refractivity contribution >= 4 is 34.7 Å². The quantitative estimate of drug-likeness (QED) is 0.851. The van der Waals surface area contributed by atoms with Gasteiger partial charge in [0.25, 0.3) is 0 Å². The minimum atomic E-state index is -0.0199. The maximum atomic E-state index is 11.9. The van der Waals surface area contributed by atoms with Crippen molar-refractivity contribution in [3.05, 3.63) is 50.4 Å². The first-order valence-corrected chi connectivity index (χ1v) is 9.27. The van der Waals surface area contributed by atoms with Gasteiger partial charge in [-0.3, -0.25) is 9.69 Å². The van der Waals surface area contributed by atoms with Crippen LogP contribution in [0.2, 0.25) is 0 Å². The second kappa shape index (κ2) is 7.22. The first kappa shape index (κ1) is 15.5. The van der Waals surface area contributed by atoms with Gasteiger partial charge in [-0.05, 0) is 47.9 Å². The first-order chi connectivity index (χ1) is 10.7. The predicted molar refractivity (Wildman–Crippen MR) is 94.3 cm³/mol. The van der Waals surface area contributed by atoms with Gasteiger partial charge >= 0.3 is 0 Å². The summed E-state index contributed by atoms with van der Waals surface area (Å²) < 4.78 is 0. The number of hydrogen-bond acceptors (Lipinski definition) is 4. The highest BCUT2D eigenvalue weighted by atomic mass is 32.1. The summed E-state index contributed by atoms with van der Waals surface area (Å²) >= 11 is 3.49. The zero-order valence-corrected chi connectivity index (χ0v) is 14.3. The van der Waals surface area contributed by atoms with E-state index in [-0.39, 0.29) is 5.91 Å². The Kier molecular flexibility index (Phi) is 5.08. The molecule has 0 bridgehead atoms. The van der Waals surface area contributed by atoms with Gasteiger partial charge in [0.05, 0.1) is 0 Å². The lowest BCUT2D eigenvalue weighted by molar-refractivity contribution is -0.116. The van der Waals surface area contributed by atoms with Gasteiger partial charge in [-0.25, -0.2) is 0 Å². The molecule has 0 spiro atoms. The number of rotatable bonds is 5. The van der Waals surface area contributed by atoms with Crippen LogP contribution in [-0.4, -0.2) is 29.9 Å². The summed E-state index contributed by atoms with van der Waals surface area (Å²) in [4.78, 5) is 16.9. The molecule has 2 aromatic heterocycles. The minimum absolute atomic E-state index is 0.0199. The zero-order chi connectivity index (χ0) is 15.4. The van der Waals surface area contributed by atoms with Crippen molar-refractivity contribution in [3.63, 3.8) is 0 Å². The SMILES string of the molecule is CC(CNC(=O)/C=C/c1cccs1)N1CCc2sccc2C1. The molecule has 0 saturated carbocycles. The molecule has 3 nitrogen and oxygen atoms in total. The Morgan fingerprint density at radius 1 is 1.41 bits per heavy atom. The fourth-order valence-electron chi connectivity index (χ4n) is 2.63. The lowest BCUT2D eigenvalue weighted by Crippen LogP contribution is -2.43. The molecule has 0 aromatic carbocycles. The standard InChI is InChI=1S/C17H20N2OS2/c1-13(19-8-6-16-14(12-19)7-10-22-16)11-18-17(20)5-4-15-3-2-9-21-15/h2-5,7,9-10,13H,6,8,11-12H2,1H3,(H,18,20)/b5-4+. The van der Waals surface area contributed by atoms with E-state index >= 15 is 0 Å². The summed E-state index contributed by atoms with van der Waals surface area (Å²) in [5.74, 6) is -0.0199. The molecule has 1 N–H and O–H groups in total. The molecule has 116 valence electrons. The smallest absolute Gasteiger partial charge is 0.244 e. The summed E-state index contributed by atoms with van der Waals surface area (Å²) in [5.41, 5.74) is 1.45. The average molecular weight is 332 g/mol. The van der Waals surface area contributed by atoms with Gasteiger partial charge < -0.3 is 5.32 Å². The van der Waals surface area contributed by atoms with Crippen molar-refractivity contribution in [1.29, 1.82) is 0 Å². The van der Waals surface area contributed by atoms with Crippen molar-refractivity contribution in [2.24, 2.45) is 0 Å². The number of carbonyl (C=O) groups is 1. The number of carbonyl (C=O) groups excluding carboxylic acids is 1. The zero-order valence-electron chi connectivity index (χ0n) is 12.6. The average Bonchev–Trinajstić information content (AvgIpc) is 3.20.